The summed E-state index contributed by atoms with van der Waals surface area (Å²) in [6.07, 6.45) is 0.636. The number of carbonyl (C=O) groups excluding carboxylic acids is 3. The van der Waals surface area contributed by atoms with E-state index in [-0.39, 0.29) is 23.5 Å². The summed E-state index contributed by atoms with van der Waals surface area (Å²) in [4.78, 5) is 40.8. The fraction of sp³-hybridized carbons (Fsp3) is 0.458. The van der Waals surface area contributed by atoms with Gasteiger partial charge in [0.15, 0.2) is 0 Å². The van der Waals surface area contributed by atoms with Gasteiger partial charge in [-0.3, -0.25) is 30.1 Å². The molecule has 3 amide bonds. The zero-order valence-corrected chi connectivity index (χ0v) is 22.6. The summed E-state index contributed by atoms with van der Waals surface area (Å²) in [7, 11) is -3.68. The van der Waals surface area contributed by atoms with E-state index in [9.17, 15) is 22.8 Å². The fourth-order valence-electron chi connectivity index (χ4n) is 4.29. The van der Waals surface area contributed by atoms with Gasteiger partial charge in [0.2, 0.25) is 15.9 Å². The first-order valence-corrected chi connectivity index (χ1v) is 14.3. The average Bonchev–Trinajstić information content (AvgIpc) is 3.24. The van der Waals surface area contributed by atoms with E-state index in [4.69, 9.17) is 4.74 Å². The van der Waals surface area contributed by atoms with Crippen LogP contribution in [-0.2, 0) is 32.5 Å². The molecule has 2 aliphatic rings. The van der Waals surface area contributed by atoms with Gasteiger partial charge in [0.1, 0.15) is 5.00 Å². The first-order valence-electron chi connectivity index (χ1n) is 12.0. The van der Waals surface area contributed by atoms with E-state index < -0.39 is 27.7 Å². The van der Waals surface area contributed by atoms with E-state index in [1.807, 2.05) is 0 Å². The van der Waals surface area contributed by atoms with Gasteiger partial charge in [-0.2, -0.15) is 4.31 Å². The minimum atomic E-state index is -3.68. The molecule has 2 aromatic rings. The Morgan fingerprint density at radius 3 is 2.30 bits per heavy atom. The minimum Gasteiger partial charge on any atom is -0.379 e. The van der Waals surface area contributed by atoms with Crippen LogP contribution in [0.5, 0.6) is 0 Å². The van der Waals surface area contributed by atoms with Gasteiger partial charge in [0, 0.05) is 49.6 Å². The monoisotopic (exact) mass is 549 g/mol. The quantitative estimate of drug-likeness (QED) is 0.465. The SMILES string of the molecule is CC(=O)NNC(=O)c1c(NC(=O)c2ccc(S(=O)(=O)N3CCOCC3)cc2)sc2c1CCN(C(C)C)C2. The Morgan fingerprint density at radius 1 is 1.00 bits per heavy atom. The number of nitrogens with one attached hydrogen (secondary N) is 3. The number of sulfonamides is 1. The highest BCUT2D eigenvalue weighted by molar-refractivity contribution is 7.89. The van der Waals surface area contributed by atoms with E-state index in [1.54, 1.807) is 0 Å². The zero-order valence-electron chi connectivity index (χ0n) is 21.0. The molecule has 13 heteroatoms. The molecule has 0 radical (unpaired) electrons. The molecule has 1 fully saturated rings. The summed E-state index contributed by atoms with van der Waals surface area (Å²) in [6.45, 7) is 8.18. The highest BCUT2D eigenvalue weighted by Gasteiger charge is 2.30. The van der Waals surface area contributed by atoms with E-state index in [2.05, 4.69) is 34.9 Å². The smallest absolute Gasteiger partial charge is 0.272 e. The Balaban J connectivity index is 1.56. The molecule has 200 valence electrons. The Morgan fingerprint density at radius 2 is 1.68 bits per heavy atom. The maximum atomic E-state index is 13.1. The Hall–Kier alpha value is -2.84. The summed E-state index contributed by atoms with van der Waals surface area (Å²) in [6, 6.07) is 6.05. The van der Waals surface area contributed by atoms with Crippen molar-refractivity contribution in [2.45, 2.75) is 44.7 Å². The highest BCUT2D eigenvalue weighted by Crippen LogP contribution is 2.38. The number of hydrogen-bond acceptors (Lipinski definition) is 8. The largest absolute Gasteiger partial charge is 0.379 e. The molecule has 3 heterocycles. The van der Waals surface area contributed by atoms with Crippen molar-refractivity contribution in [3.63, 3.8) is 0 Å². The van der Waals surface area contributed by atoms with Crippen molar-refractivity contribution in [2.24, 2.45) is 0 Å². The van der Waals surface area contributed by atoms with Crippen LogP contribution in [0.1, 0.15) is 51.9 Å². The molecule has 0 atom stereocenters. The van der Waals surface area contributed by atoms with Gasteiger partial charge in [-0.15, -0.1) is 11.3 Å². The summed E-state index contributed by atoms with van der Waals surface area (Å²) in [5.74, 6) is -1.39. The van der Waals surface area contributed by atoms with Crippen molar-refractivity contribution in [3.8, 4) is 0 Å². The van der Waals surface area contributed by atoms with E-state index >= 15 is 0 Å². The van der Waals surface area contributed by atoms with Crippen LogP contribution < -0.4 is 16.2 Å². The summed E-state index contributed by atoms with van der Waals surface area (Å²) in [5, 5.41) is 3.21. The van der Waals surface area contributed by atoms with Gasteiger partial charge >= 0.3 is 0 Å². The van der Waals surface area contributed by atoms with Crippen LogP contribution in [0.15, 0.2) is 29.2 Å². The molecule has 0 unspecified atom stereocenters. The van der Waals surface area contributed by atoms with Crippen LogP contribution in [-0.4, -0.2) is 74.2 Å². The van der Waals surface area contributed by atoms with Crippen molar-refractivity contribution >= 4 is 44.1 Å². The van der Waals surface area contributed by atoms with E-state index in [1.165, 1.54) is 46.8 Å². The topological polar surface area (TPSA) is 137 Å². The minimum absolute atomic E-state index is 0.0988. The molecule has 0 saturated carbocycles. The number of thiophene rings is 1. The van der Waals surface area contributed by atoms with Crippen molar-refractivity contribution in [1.29, 1.82) is 0 Å². The summed E-state index contributed by atoms with van der Waals surface area (Å²) < 4.78 is 32.3. The molecule has 0 bridgehead atoms. The van der Waals surface area contributed by atoms with Gasteiger partial charge < -0.3 is 10.1 Å². The average molecular weight is 550 g/mol. The van der Waals surface area contributed by atoms with Crippen molar-refractivity contribution < 1.29 is 27.5 Å². The summed E-state index contributed by atoms with van der Waals surface area (Å²) in [5.41, 5.74) is 6.14. The maximum absolute atomic E-state index is 13.1. The third kappa shape index (κ3) is 6.02. The van der Waals surface area contributed by atoms with Crippen LogP contribution >= 0.6 is 11.3 Å². The van der Waals surface area contributed by atoms with Gasteiger partial charge in [-0.05, 0) is 50.1 Å². The number of benzene rings is 1. The molecule has 0 spiro atoms. The molecule has 0 aliphatic carbocycles. The van der Waals surface area contributed by atoms with Gasteiger partial charge in [0.05, 0.1) is 23.7 Å². The number of ether oxygens (including phenoxy) is 1. The van der Waals surface area contributed by atoms with Crippen LogP contribution in [0.4, 0.5) is 5.00 Å². The standard InChI is InChI=1S/C24H31N5O6S2/c1-15(2)28-9-8-19-20(14-28)36-24(21(19)23(32)27-26-16(3)30)25-22(31)17-4-6-18(7-5-17)37(33,34)29-10-12-35-13-11-29/h4-7,15H,8-14H2,1-3H3,(H,25,31)(H,26,30)(H,27,32). The number of nitrogens with zero attached hydrogens (tertiary/aromatic N) is 2. The van der Waals surface area contributed by atoms with Gasteiger partial charge in [0.25, 0.3) is 11.8 Å². The molecule has 4 rings (SSSR count). The van der Waals surface area contributed by atoms with Gasteiger partial charge in [-0.1, -0.05) is 0 Å². The van der Waals surface area contributed by atoms with Crippen LogP contribution in [0.3, 0.4) is 0 Å². The Bertz CT molecular complexity index is 1280. The number of morpholine rings is 1. The second kappa shape index (κ2) is 11.3. The third-order valence-corrected chi connectivity index (χ3v) is 9.39. The van der Waals surface area contributed by atoms with E-state index in [0.29, 0.717) is 42.8 Å². The first-order chi connectivity index (χ1) is 17.6. The van der Waals surface area contributed by atoms with Crippen molar-refractivity contribution in [1.82, 2.24) is 20.1 Å². The second-order valence-electron chi connectivity index (χ2n) is 9.15. The lowest BCUT2D eigenvalue weighted by atomic mass is 10.0. The number of hydrazine groups is 1. The molecule has 2 aliphatic heterocycles. The molecule has 11 nitrogen and oxygen atoms in total. The Labute approximate surface area is 220 Å². The lowest BCUT2D eigenvalue weighted by Gasteiger charge is -2.30. The van der Waals surface area contributed by atoms with Crippen molar-refractivity contribution in [3.05, 3.63) is 45.8 Å². The third-order valence-electron chi connectivity index (χ3n) is 6.35. The zero-order chi connectivity index (χ0) is 26.7. The van der Waals surface area contributed by atoms with Crippen LogP contribution in [0, 0.1) is 0 Å². The fourth-order valence-corrected chi connectivity index (χ4v) is 6.96. The van der Waals surface area contributed by atoms with E-state index in [0.717, 1.165) is 17.0 Å². The highest BCUT2D eigenvalue weighted by atomic mass is 32.2. The normalized spacial score (nSPS) is 16.8. The summed E-state index contributed by atoms with van der Waals surface area (Å²) >= 11 is 1.33. The van der Waals surface area contributed by atoms with Gasteiger partial charge in [-0.25, -0.2) is 8.42 Å². The van der Waals surface area contributed by atoms with Crippen molar-refractivity contribution in [2.75, 3.05) is 38.2 Å². The maximum Gasteiger partial charge on any atom is 0.272 e. The number of amides is 3. The molecule has 1 aromatic carbocycles. The number of anilines is 1. The van der Waals surface area contributed by atoms with Crippen LogP contribution in [0.2, 0.25) is 0 Å². The Kier molecular flexibility index (Phi) is 8.29. The number of rotatable bonds is 6. The molecular weight excluding hydrogens is 518 g/mol. The second-order valence-corrected chi connectivity index (χ2v) is 12.2. The number of carbonyl (C=O) groups is 3. The molecule has 1 aromatic heterocycles. The molecular formula is C24H31N5O6S2. The lowest BCUT2D eigenvalue weighted by Crippen LogP contribution is -2.41. The number of fused-ring (bicyclic) bond motifs is 1. The predicted octanol–water partition coefficient (Wildman–Crippen LogP) is 1.57. The lowest BCUT2D eigenvalue weighted by molar-refractivity contribution is -0.119. The molecule has 3 N–H and O–H groups in total. The first kappa shape index (κ1) is 27.2. The number of hydrogen-bond donors (Lipinski definition) is 3. The van der Waals surface area contributed by atoms with Crippen LogP contribution in [0.25, 0.3) is 0 Å². The molecule has 37 heavy (non-hydrogen) atoms. The molecule has 1 saturated heterocycles. The predicted molar refractivity (Wildman–Crippen MR) is 139 cm³/mol.